The molecule has 4 amide bonds. The summed E-state index contributed by atoms with van der Waals surface area (Å²) in [7, 11) is 0. The number of nitrogens with one attached hydrogen (secondary N) is 2. The molecule has 4 heterocycles. The first-order valence-electron chi connectivity index (χ1n) is 14.7. The fourth-order valence-corrected chi connectivity index (χ4v) is 6.29. The van der Waals surface area contributed by atoms with Gasteiger partial charge in [0, 0.05) is 30.4 Å². The van der Waals surface area contributed by atoms with Crippen molar-refractivity contribution in [3.63, 3.8) is 0 Å². The second-order valence-corrected chi connectivity index (χ2v) is 11.5. The fourth-order valence-electron chi connectivity index (χ4n) is 6.29. The first-order valence-corrected chi connectivity index (χ1v) is 14.7. The number of anilines is 1. The Morgan fingerprint density at radius 3 is 2.70 bits per heavy atom. The van der Waals surface area contributed by atoms with Crippen molar-refractivity contribution in [2.24, 2.45) is 5.92 Å². The quantitative estimate of drug-likeness (QED) is 0.231. The van der Waals surface area contributed by atoms with E-state index >= 15 is 0 Å². The van der Waals surface area contributed by atoms with Crippen molar-refractivity contribution in [3.05, 3.63) is 71.7 Å². The maximum Gasteiger partial charge on any atom is 0.262 e. The monoisotopic (exact) mass is 588 g/mol. The molecule has 1 saturated carbocycles. The minimum atomic E-state index is -0.971. The third-order valence-corrected chi connectivity index (χ3v) is 8.73. The average molecular weight is 589 g/mol. The predicted octanol–water partition coefficient (Wildman–Crippen LogP) is 3.61. The molecular formula is C32H28N8O4. The number of fused-ring (bicyclic) bond motifs is 2. The molecule has 1 saturated heterocycles. The topological polar surface area (TPSA) is 163 Å². The number of rotatable bonds is 8. The fraction of sp³-hybridized carbons (Fsp3) is 0.312. The maximum absolute atomic E-state index is 13.0. The second-order valence-electron chi connectivity index (χ2n) is 11.5. The average Bonchev–Trinajstić information content (AvgIpc) is 3.58. The summed E-state index contributed by atoms with van der Waals surface area (Å²) in [5.74, 6) is -1.44. The van der Waals surface area contributed by atoms with Crippen LogP contribution in [-0.2, 0) is 9.59 Å². The number of aromatic nitrogens is 4. The van der Waals surface area contributed by atoms with Gasteiger partial charge in [0.25, 0.3) is 11.8 Å². The summed E-state index contributed by atoms with van der Waals surface area (Å²) in [5.41, 5.74) is 4.61. The van der Waals surface area contributed by atoms with E-state index in [-0.39, 0.29) is 24.0 Å². The number of hydrogen-bond donors (Lipinski definition) is 2. The van der Waals surface area contributed by atoms with E-state index < -0.39 is 29.7 Å². The molecule has 12 nitrogen and oxygen atoms in total. The summed E-state index contributed by atoms with van der Waals surface area (Å²) in [6, 6.07) is 12.0. The van der Waals surface area contributed by atoms with Gasteiger partial charge in [-0.2, -0.15) is 10.4 Å². The molecule has 2 aliphatic heterocycles. The van der Waals surface area contributed by atoms with Gasteiger partial charge in [0.1, 0.15) is 17.6 Å². The van der Waals surface area contributed by atoms with Crippen LogP contribution in [0.4, 0.5) is 5.69 Å². The van der Waals surface area contributed by atoms with Crippen molar-refractivity contribution in [2.45, 2.75) is 50.6 Å². The molecule has 2 fully saturated rings. The Morgan fingerprint density at radius 1 is 1.05 bits per heavy atom. The van der Waals surface area contributed by atoms with E-state index in [2.05, 4.69) is 31.8 Å². The van der Waals surface area contributed by atoms with E-state index in [1.165, 1.54) is 0 Å². The van der Waals surface area contributed by atoms with Crippen molar-refractivity contribution in [1.82, 2.24) is 30.0 Å². The highest BCUT2D eigenvalue weighted by Gasteiger charge is 2.44. The molecule has 3 aliphatic rings. The van der Waals surface area contributed by atoms with Gasteiger partial charge in [-0.1, -0.05) is 6.07 Å². The van der Waals surface area contributed by atoms with E-state index in [1.807, 2.05) is 16.9 Å². The summed E-state index contributed by atoms with van der Waals surface area (Å²) < 4.78 is 1.99. The lowest BCUT2D eigenvalue weighted by molar-refractivity contribution is -0.136. The first kappa shape index (κ1) is 27.4. The predicted molar refractivity (Wildman–Crippen MR) is 158 cm³/mol. The number of hydrogen-bond acceptors (Lipinski definition) is 9. The van der Waals surface area contributed by atoms with Crippen LogP contribution < -0.4 is 10.6 Å². The van der Waals surface area contributed by atoms with Crippen LogP contribution in [0.15, 0.2) is 55.0 Å². The second kappa shape index (κ2) is 11.0. The van der Waals surface area contributed by atoms with Crippen molar-refractivity contribution in [1.29, 1.82) is 5.26 Å². The lowest BCUT2D eigenvalue weighted by atomic mass is 9.77. The Kier molecular flexibility index (Phi) is 6.85. The maximum atomic E-state index is 13.0. The molecule has 1 unspecified atom stereocenters. The minimum absolute atomic E-state index is 0.0900. The van der Waals surface area contributed by atoms with Crippen molar-refractivity contribution < 1.29 is 19.2 Å². The highest BCUT2D eigenvalue weighted by molar-refractivity contribution is 6.23. The third-order valence-electron chi connectivity index (χ3n) is 8.73. The van der Waals surface area contributed by atoms with Crippen LogP contribution in [-0.4, -0.2) is 60.9 Å². The van der Waals surface area contributed by atoms with Gasteiger partial charge >= 0.3 is 0 Å². The van der Waals surface area contributed by atoms with Crippen molar-refractivity contribution in [2.75, 3.05) is 11.9 Å². The number of benzene rings is 2. The molecule has 2 aromatic carbocycles. The Balaban J connectivity index is 0.897. The standard InChI is InChI=1S/C32H28N8O4/c33-14-19-4-1-5-25-29(19)37-26(16-35-25)20-15-36-39(17-20)22-11-18(12-22)3-2-10-34-21-6-7-23-24(13-21)32(44)40(31(23)43)27-8-9-28(41)38-30(27)42/h1,4-7,13,15-18,22,27,34H,2-3,8-12H2,(H,38,41,42). The number of amides is 4. The highest BCUT2D eigenvalue weighted by atomic mass is 16.2. The number of nitrogens with zero attached hydrogens (tertiary/aromatic N) is 6. The molecule has 44 heavy (non-hydrogen) atoms. The van der Waals surface area contributed by atoms with E-state index in [0.29, 0.717) is 34.3 Å². The lowest BCUT2D eigenvalue weighted by Gasteiger charge is -2.35. The van der Waals surface area contributed by atoms with Gasteiger partial charge in [0.05, 0.1) is 46.3 Å². The molecular weight excluding hydrogens is 560 g/mol. The van der Waals surface area contributed by atoms with E-state index in [1.54, 1.807) is 42.7 Å². The lowest BCUT2D eigenvalue weighted by Crippen LogP contribution is -2.54. The van der Waals surface area contributed by atoms with Gasteiger partial charge in [-0.05, 0) is 68.4 Å². The molecule has 4 aromatic rings. The van der Waals surface area contributed by atoms with Gasteiger partial charge in [-0.15, -0.1) is 0 Å². The molecule has 1 atom stereocenters. The largest absolute Gasteiger partial charge is 0.385 e. The molecule has 0 bridgehead atoms. The number of piperidine rings is 1. The highest BCUT2D eigenvalue weighted by Crippen LogP contribution is 2.40. The van der Waals surface area contributed by atoms with Crippen molar-refractivity contribution in [3.8, 4) is 17.3 Å². The zero-order valence-electron chi connectivity index (χ0n) is 23.7. The summed E-state index contributed by atoms with van der Waals surface area (Å²) >= 11 is 0. The molecule has 7 rings (SSSR count). The first-order chi connectivity index (χ1) is 21.4. The molecule has 0 spiro atoms. The van der Waals surface area contributed by atoms with Gasteiger partial charge in [0.2, 0.25) is 11.8 Å². The minimum Gasteiger partial charge on any atom is -0.385 e. The van der Waals surface area contributed by atoms with Gasteiger partial charge in [-0.3, -0.25) is 39.1 Å². The van der Waals surface area contributed by atoms with E-state index in [4.69, 9.17) is 0 Å². The Morgan fingerprint density at radius 2 is 1.89 bits per heavy atom. The number of para-hydroxylation sites is 1. The molecule has 220 valence electrons. The van der Waals surface area contributed by atoms with E-state index in [9.17, 15) is 24.4 Å². The van der Waals surface area contributed by atoms with Gasteiger partial charge in [0.15, 0.2) is 0 Å². The normalized spacial score (nSPS) is 21.2. The van der Waals surface area contributed by atoms with Crippen LogP contribution >= 0.6 is 0 Å². The van der Waals surface area contributed by atoms with Crippen LogP contribution in [0.5, 0.6) is 0 Å². The molecule has 2 N–H and O–H groups in total. The number of carbonyl (C=O) groups excluding carboxylic acids is 4. The zero-order valence-corrected chi connectivity index (χ0v) is 23.7. The Labute approximate surface area is 252 Å². The van der Waals surface area contributed by atoms with Crippen LogP contribution in [0.25, 0.3) is 22.3 Å². The van der Waals surface area contributed by atoms with Crippen LogP contribution in [0.2, 0.25) is 0 Å². The third kappa shape index (κ3) is 4.86. The number of nitriles is 1. The Bertz CT molecular complexity index is 1890. The smallest absolute Gasteiger partial charge is 0.262 e. The zero-order chi connectivity index (χ0) is 30.4. The van der Waals surface area contributed by atoms with Crippen LogP contribution in [0, 0.1) is 17.2 Å². The summed E-state index contributed by atoms with van der Waals surface area (Å²) in [5, 5.41) is 19.5. The summed E-state index contributed by atoms with van der Waals surface area (Å²) in [6.45, 7) is 0.718. The van der Waals surface area contributed by atoms with Crippen LogP contribution in [0.1, 0.15) is 70.8 Å². The van der Waals surface area contributed by atoms with Gasteiger partial charge in [-0.25, -0.2) is 4.98 Å². The number of imide groups is 2. The van der Waals surface area contributed by atoms with E-state index in [0.717, 1.165) is 48.4 Å². The van der Waals surface area contributed by atoms with Crippen LogP contribution in [0.3, 0.4) is 0 Å². The molecule has 12 heteroatoms. The molecule has 0 radical (unpaired) electrons. The molecule has 2 aromatic heterocycles. The number of carbonyl (C=O) groups is 4. The SMILES string of the molecule is N#Cc1cccc2ncc(-c3cnn(C4CC(CCCNc5ccc6c(c5)C(=O)N(C5CCC(=O)NC5=O)C6=O)C4)c3)nc12. The molecule has 1 aliphatic carbocycles. The summed E-state index contributed by atoms with van der Waals surface area (Å²) in [4.78, 5) is 59.8. The Hall–Kier alpha value is -5.44. The van der Waals surface area contributed by atoms with Crippen molar-refractivity contribution >= 4 is 40.3 Å². The van der Waals surface area contributed by atoms with Gasteiger partial charge < -0.3 is 5.32 Å². The summed E-state index contributed by atoms with van der Waals surface area (Å²) in [6.07, 6.45) is 9.79.